The number of nitrogens with one attached hydrogen (secondary N) is 1. The highest BCUT2D eigenvalue weighted by atomic mass is 16.5. The van der Waals surface area contributed by atoms with Crippen LogP contribution in [0.4, 0.5) is 0 Å². The van der Waals surface area contributed by atoms with Crippen LogP contribution in [0.5, 0.6) is 5.75 Å². The van der Waals surface area contributed by atoms with Crippen LogP contribution in [-0.4, -0.2) is 52.1 Å². The first kappa shape index (κ1) is 23.3. The monoisotopic (exact) mass is 471 g/mol. The van der Waals surface area contributed by atoms with E-state index in [9.17, 15) is 4.79 Å². The van der Waals surface area contributed by atoms with Gasteiger partial charge < -0.3 is 10.1 Å². The van der Waals surface area contributed by atoms with Crippen molar-refractivity contribution in [2.45, 2.75) is 45.6 Å². The van der Waals surface area contributed by atoms with E-state index in [0.717, 1.165) is 57.9 Å². The molecule has 1 aliphatic heterocycles. The third-order valence-corrected chi connectivity index (χ3v) is 7.19. The van der Waals surface area contributed by atoms with Crippen LogP contribution < -0.4 is 10.1 Å². The summed E-state index contributed by atoms with van der Waals surface area (Å²) in [6, 6.07) is 16.3. The van der Waals surface area contributed by atoms with Crippen molar-refractivity contribution in [2.75, 3.05) is 26.7 Å². The normalized spacial score (nSPS) is 15.1. The number of benzene rings is 2. The maximum absolute atomic E-state index is 12.9. The quantitative estimate of drug-likeness (QED) is 0.413. The van der Waals surface area contributed by atoms with Crippen molar-refractivity contribution in [2.24, 2.45) is 0 Å². The van der Waals surface area contributed by atoms with Gasteiger partial charge in [-0.1, -0.05) is 30.3 Å². The summed E-state index contributed by atoms with van der Waals surface area (Å²) in [6.07, 6.45) is 3.42. The molecule has 5 rings (SSSR count). The van der Waals surface area contributed by atoms with Crippen molar-refractivity contribution in [1.82, 2.24) is 24.8 Å². The van der Waals surface area contributed by atoms with Gasteiger partial charge in [0.15, 0.2) is 5.65 Å². The van der Waals surface area contributed by atoms with Gasteiger partial charge in [-0.2, -0.15) is 5.10 Å². The van der Waals surface area contributed by atoms with Crippen LogP contribution in [0.15, 0.2) is 48.5 Å². The Morgan fingerprint density at radius 3 is 2.63 bits per heavy atom. The summed E-state index contributed by atoms with van der Waals surface area (Å²) >= 11 is 0. The summed E-state index contributed by atoms with van der Waals surface area (Å²) in [6.45, 7) is 6.74. The van der Waals surface area contributed by atoms with E-state index in [-0.39, 0.29) is 11.9 Å². The summed E-state index contributed by atoms with van der Waals surface area (Å²) < 4.78 is 7.54. The van der Waals surface area contributed by atoms with E-state index < -0.39 is 0 Å². The van der Waals surface area contributed by atoms with Gasteiger partial charge >= 0.3 is 0 Å². The molecule has 1 fully saturated rings. The number of likely N-dealkylation sites (tertiary alicyclic amines) is 1. The van der Waals surface area contributed by atoms with E-state index in [0.29, 0.717) is 19.4 Å². The van der Waals surface area contributed by atoms with E-state index in [1.54, 1.807) is 7.11 Å². The molecule has 1 unspecified atom stereocenters. The summed E-state index contributed by atoms with van der Waals surface area (Å²) in [5.41, 5.74) is 6.01. The van der Waals surface area contributed by atoms with E-state index in [2.05, 4.69) is 29.3 Å². The van der Waals surface area contributed by atoms with Crippen molar-refractivity contribution < 1.29 is 9.53 Å². The Balaban J connectivity index is 1.29. The van der Waals surface area contributed by atoms with Crippen molar-refractivity contribution in [3.63, 3.8) is 0 Å². The standard InChI is InChI=1S/C28H33N5O2/c1-19-21(20(2)33-28(30-19)22-10-4-6-12-24(22)31-33)14-15-27(34)29-18-25(32-16-8-9-17-32)23-11-5-7-13-26(23)35-3/h4-7,10-13,25H,8-9,14-18H2,1-3H3,(H,29,34). The second kappa shape index (κ2) is 10.0. The molecule has 2 aromatic carbocycles. The lowest BCUT2D eigenvalue weighted by atomic mass is 10.0. The minimum Gasteiger partial charge on any atom is -0.496 e. The number of aryl methyl sites for hydroxylation is 2. The fourth-order valence-corrected chi connectivity index (χ4v) is 5.31. The highest BCUT2D eigenvalue weighted by Gasteiger charge is 2.26. The highest BCUT2D eigenvalue weighted by molar-refractivity contribution is 5.92. The third kappa shape index (κ3) is 4.60. The molecule has 0 spiro atoms. The van der Waals surface area contributed by atoms with Gasteiger partial charge in [0.1, 0.15) is 5.75 Å². The number of aromatic nitrogens is 3. The molecule has 3 heterocycles. The first-order chi connectivity index (χ1) is 17.1. The third-order valence-electron chi connectivity index (χ3n) is 7.19. The minimum atomic E-state index is 0.0496. The molecule has 182 valence electrons. The van der Waals surface area contributed by atoms with Crippen LogP contribution in [0, 0.1) is 13.8 Å². The van der Waals surface area contributed by atoms with Gasteiger partial charge in [0.2, 0.25) is 5.91 Å². The number of carbonyl (C=O) groups is 1. The topological polar surface area (TPSA) is 71.8 Å². The fourth-order valence-electron chi connectivity index (χ4n) is 5.31. The molecule has 0 bridgehead atoms. The zero-order valence-corrected chi connectivity index (χ0v) is 20.8. The van der Waals surface area contributed by atoms with Gasteiger partial charge in [-0.3, -0.25) is 9.69 Å². The number of para-hydroxylation sites is 1. The van der Waals surface area contributed by atoms with Crippen molar-refractivity contribution in [1.29, 1.82) is 0 Å². The Morgan fingerprint density at radius 2 is 1.83 bits per heavy atom. The van der Waals surface area contributed by atoms with E-state index >= 15 is 0 Å². The molecule has 35 heavy (non-hydrogen) atoms. The van der Waals surface area contributed by atoms with Gasteiger partial charge in [-0.05, 0) is 70.0 Å². The smallest absolute Gasteiger partial charge is 0.220 e. The minimum absolute atomic E-state index is 0.0496. The summed E-state index contributed by atoms with van der Waals surface area (Å²) in [5, 5.41) is 8.98. The second-order valence-corrected chi connectivity index (χ2v) is 9.32. The zero-order chi connectivity index (χ0) is 24.4. The molecular formula is C28H33N5O2. The van der Waals surface area contributed by atoms with Gasteiger partial charge in [0, 0.05) is 35.3 Å². The van der Waals surface area contributed by atoms with E-state index in [1.165, 1.54) is 12.8 Å². The molecule has 0 radical (unpaired) electrons. The van der Waals surface area contributed by atoms with Crippen molar-refractivity contribution in [3.05, 3.63) is 71.0 Å². The van der Waals surface area contributed by atoms with Crippen LogP contribution >= 0.6 is 0 Å². The molecule has 1 N–H and O–H groups in total. The van der Waals surface area contributed by atoms with Crippen LogP contribution in [0.3, 0.4) is 0 Å². The molecule has 0 saturated carbocycles. The number of fused-ring (bicyclic) bond motifs is 3. The predicted molar refractivity (Wildman–Crippen MR) is 138 cm³/mol. The average molecular weight is 472 g/mol. The lowest BCUT2D eigenvalue weighted by molar-refractivity contribution is -0.121. The molecule has 0 aliphatic carbocycles. The first-order valence-corrected chi connectivity index (χ1v) is 12.4. The van der Waals surface area contributed by atoms with Crippen LogP contribution in [0.25, 0.3) is 16.6 Å². The maximum Gasteiger partial charge on any atom is 0.220 e. The molecule has 4 aromatic rings. The second-order valence-electron chi connectivity index (χ2n) is 9.32. The number of nitrogens with zero attached hydrogens (tertiary/aromatic N) is 4. The molecule has 1 aliphatic rings. The van der Waals surface area contributed by atoms with E-state index in [4.69, 9.17) is 14.8 Å². The largest absolute Gasteiger partial charge is 0.496 e. The number of ether oxygens (including phenoxy) is 1. The molecular weight excluding hydrogens is 438 g/mol. The summed E-state index contributed by atoms with van der Waals surface area (Å²) in [7, 11) is 1.70. The van der Waals surface area contributed by atoms with E-state index in [1.807, 2.05) is 47.8 Å². The zero-order valence-electron chi connectivity index (χ0n) is 20.8. The Bertz CT molecular complexity index is 1360. The maximum atomic E-state index is 12.9. The van der Waals surface area contributed by atoms with Crippen LogP contribution in [-0.2, 0) is 11.2 Å². The molecule has 1 atom stereocenters. The molecule has 7 heteroatoms. The highest BCUT2D eigenvalue weighted by Crippen LogP contribution is 2.31. The molecule has 1 saturated heterocycles. The number of amides is 1. The number of rotatable bonds is 8. The lowest BCUT2D eigenvalue weighted by Crippen LogP contribution is -2.37. The lowest BCUT2D eigenvalue weighted by Gasteiger charge is -2.29. The van der Waals surface area contributed by atoms with Gasteiger partial charge in [-0.15, -0.1) is 0 Å². The van der Waals surface area contributed by atoms with Crippen molar-refractivity contribution >= 4 is 22.5 Å². The number of hydrogen-bond donors (Lipinski definition) is 1. The summed E-state index contributed by atoms with van der Waals surface area (Å²) in [5.74, 6) is 0.921. The van der Waals surface area contributed by atoms with Crippen molar-refractivity contribution in [3.8, 4) is 5.75 Å². The van der Waals surface area contributed by atoms with Crippen LogP contribution in [0.1, 0.15) is 47.8 Å². The Kier molecular flexibility index (Phi) is 6.68. The average Bonchev–Trinajstić information content (AvgIpc) is 3.53. The molecule has 7 nitrogen and oxygen atoms in total. The first-order valence-electron chi connectivity index (χ1n) is 12.4. The van der Waals surface area contributed by atoms with Gasteiger partial charge in [0.05, 0.1) is 18.7 Å². The van der Waals surface area contributed by atoms with Gasteiger partial charge in [0.25, 0.3) is 0 Å². The molecule has 2 aromatic heterocycles. The summed E-state index contributed by atoms with van der Waals surface area (Å²) in [4.78, 5) is 20.2. The number of hydrogen-bond acceptors (Lipinski definition) is 5. The number of carbonyl (C=O) groups excluding carboxylic acids is 1. The predicted octanol–water partition coefficient (Wildman–Crippen LogP) is 4.39. The van der Waals surface area contributed by atoms with Gasteiger partial charge in [-0.25, -0.2) is 9.50 Å². The number of methoxy groups -OCH3 is 1. The molecule has 1 amide bonds. The van der Waals surface area contributed by atoms with Crippen LogP contribution in [0.2, 0.25) is 0 Å². The Labute approximate surface area is 206 Å². The Morgan fingerprint density at radius 1 is 1.09 bits per heavy atom. The fraction of sp³-hybridized carbons (Fsp3) is 0.393. The Hall–Kier alpha value is -3.45. The SMILES string of the molecule is COc1ccccc1C(CNC(=O)CCc1c(C)nc2c3ccccc3nn2c1C)N1CCCC1.